The molecule has 0 aliphatic rings. The standard InChI is InChI=1S/C9H10BrIO/c10-3-1-2-7-4-8(11)6-9(12)5-7/h4-6,12H,1-3H2. The van der Waals surface area contributed by atoms with Gasteiger partial charge in [0.05, 0.1) is 0 Å². The number of rotatable bonds is 3. The fourth-order valence-corrected chi connectivity index (χ4v) is 2.05. The highest BCUT2D eigenvalue weighted by Crippen LogP contribution is 2.18. The van der Waals surface area contributed by atoms with Crippen LogP contribution in [0.25, 0.3) is 0 Å². The number of halogens is 2. The van der Waals surface area contributed by atoms with Gasteiger partial charge in [0, 0.05) is 8.90 Å². The average molecular weight is 341 g/mol. The fraction of sp³-hybridized carbons (Fsp3) is 0.333. The molecule has 0 fully saturated rings. The molecule has 0 radical (unpaired) electrons. The Bertz CT molecular complexity index is 242. The molecule has 1 aromatic rings. The van der Waals surface area contributed by atoms with Crippen molar-refractivity contribution in [3.63, 3.8) is 0 Å². The van der Waals surface area contributed by atoms with Gasteiger partial charge in [-0.3, -0.25) is 0 Å². The van der Waals surface area contributed by atoms with Crippen molar-refractivity contribution in [2.24, 2.45) is 0 Å². The minimum Gasteiger partial charge on any atom is -0.508 e. The number of hydrogen-bond donors (Lipinski definition) is 1. The molecule has 0 aliphatic heterocycles. The van der Waals surface area contributed by atoms with Crippen LogP contribution in [0.5, 0.6) is 5.75 Å². The van der Waals surface area contributed by atoms with Crippen LogP contribution in [0.4, 0.5) is 0 Å². The molecule has 66 valence electrons. The van der Waals surface area contributed by atoms with Gasteiger partial charge in [-0.25, -0.2) is 0 Å². The van der Waals surface area contributed by atoms with E-state index in [1.807, 2.05) is 6.07 Å². The van der Waals surface area contributed by atoms with E-state index in [-0.39, 0.29) is 0 Å². The molecule has 0 heterocycles. The summed E-state index contributed by atoms with van der Waals surface area (Å²) in [7, 11) is 0. The molecule has 0 aromatic heterocycles. The van der Waals surface area contributed by atoms with E-state index in [9.17, 15) is 5.11 Å². The number of phenols is 1. The Kier molecular flexibility index (Phi) is 4.35. The van der Waals surface area contributed by atoms with Crippen LogP contribution in [0.15, 0.2) is 18.2 Å². The third-order valence-corrected chi connectivity index (χ3v) is 2.72. The first-order valence-corrected chi connectivity index (χ1v) is 5.97. The first kappa shape index (κ1) is 10.3. The molecule has 0 bridgehead atoms. The molecule has 0 atom stereocenters. The predicted molar refractivity (Wildman–Crippen MR) is 62.9 cm³/mol. The maximum atomic E-state index is 9.28. The molecule has 12 heavy (non-hydrogen) atoms. The van der Waals surface area contributed by atoms with Gasteiger partial charge < -0.3 is 5.11 Å². The second-order valence-electron chi connectivity index (χ2n) is 2.61. The van der Waals surface area contributed by atoms with Crippen LogP contribution < -0.4 is 0 Å². The lowest BCUT2D eigenvalue weighted by Crippen LogP contribution is -1.86. The fourth-order valence-electron chi connectivity index (χ4n) is 1.05. The second-order valence-corrected chi connectivity index (χ2v) is 4.65. The van der Waals surface area contributed by atoms with Gasteiger partial charge >= 0.3 is 0 Å². The first-order valence-electron chi connectivity index (χ1n) is 3.77. The summed E-state index contributed by atoms with van der Waals surface area (Å²) in [6.07, 6.45) is 2.13. The zero-order valence-electron chi connectivity index (χ0n) is 6.56. The topological polar surface area (TPSA) is 20.2 Å². The highest BCUT2D eigenvalue weighted by atomic mass is 127. The van der Waals surface area contributed by atoms with E-state index >= 15 is 0 Å². The Labute approximate surface area is 94.4 Å². The predicted octanol–water partition coefficient (Wildman–Crippen LogP) is 3.32. The van der Waals surface area contributed by atoms with Crippen molar-refractivity contribution in [1.29, 1.82) is 0 Å². The lowest BCUT2D eigenvalue weighted by atomic mass is 10.1. The molecule has 0 spiro atoms. The summed E-state index contributed by atoms with van der Waals surface area (Å²) in [4.78, 5) is 0. The van der Waals surface area contributed by atoms with E-state index in [1.165, 1.54) is 5.56 Å². The molecular weight excluding hydrogens is 331 g/mol. The Morgan fingerprint density at radius 3 is 2.67 bits per heavy atom. The molecule has 0 amide bonds. The van der Waals surface area contributed by atoms with Gasteiger partial charge in [-0.2, -0.15) is 0 Å². The Morgan fingerprint density at radius 2 is 2.08 bits per heavy atom. The van der Waals surface area contributed by atoms with Crippen molar-refractivity contribution in [1.82, 2.24) is 0 Å². The zero-order valence-corrected chi connectivity index (χ0v) is 10.3. The number of aromatic hydroxyl groups is 1. The van der Waals surface area contributed by atoms with E-state index in [0.717, 1.165) is 21.7 Å². The summed E-state index contributed by atoms with van der Waals surface area (Å²) in [6.45, 7) is 0. The van der Waals surface area contributed by atoms with Crippen LogP contribution in [0.1, 0.15) is 12.0 Å². The van der Waals surface area contributed by atoms with Gasteiger partial charge in [-0.15, -0.1) is 0 Å². The van der Waals surface area contributed by atoms with Crippen molar-refractivity contribution < 1.29 is 5.11 Å². The number of hydrogen-bond acceptors (Lipinski definition) is 1. The van der Waals surface area contributed by atoms with Gasteiger partial charge in [0.1, 0.15) is 5.75 Å². The van der Waals surface area contributed by atoms with Crippen molar-refractivity contribution in [3.05, 3.63) is 27.3 Å². The first-order chi connectivity index (χ1) is 5.72. The van der Waals surface area contributed by atoms with Crippen LogP contribution >= 0.6 is 38.5 Å². The van der Waals surface area contributed by atoms with E-state index in [4.69, 9.17) is 0 Å². The molecular formula is C9H10BrIO. The van der Waals surface area contributed by atoms with Crippen LogP contribution in [0.2, 0.25) is 0 Å². The lowest BCUT2D eigenvalue weighted by molar-refractivity contribution is 0.474. The van der Waals surface area contributed by atoms with E-state index in [2.05, 4.69) is 44.6 Å². The molecule has 1 N–H and O–H groups in total. The summed E-state index contributed by atoms with van der Waals surface area (Å²) in [6, 6.07) is 5.69. The third-order valence-electron chi connectivity index (χ3n) is 1.54. The molecule has 3 heteroatoms. The highest BCUT2D eigenvalue weighted by molar-refractivity contribution is 14.1. The van der Waals surface area contributed by atoms with Crippen molar-refractivity contribution in [2.75, 3.05) is 5.33 Å². The Morgan fingerprint density at radius 1 is 1.33 bits per heavy atom. The molecule has 1 nitrogen and oxygen atoms in total. The van der Waals surface area contributed by atoms with Crippen molar-refractivity contribution in [2.45, 2.75) is 12.8 Å². The molecule has 0 unspecified atom stereocenters. The number of aryl methyl sites for hydroxylation is 1. The van der Waals surface area contributed by atoms with Crippen LogP contribution in [-0.2, 0) is 6.42 Å². The average Bonchev–Trinajstić information content (AvgIpc) is 1.99. The summed E-state index contributed by atoms with van der Waals surface area (Å²) < 4.78 is 1.09. The Balaban J connectivity index is 2.72. The van der Waals surface area contributed by atoms with Gasteiger partial charge in [-0.1, -0.05) is 15.9 Å². The quantitative estimate of drug-likeness (QED) is 0.661. The molecule has 0 saturated heterocycles. The lowest BCUT2D eigenvalue weighted by Gasteiger charge is -2.01. The maximum Gasteiger partial charge on any atom is 0.116 e. The van der Waals surface area contributed by atoms with Crippen LogP contribution in [0, 0.1) is 3.57 Å². The van der Waals surface area contributed by atoms with Crippen LogP contribution in [-0.4, -0.2) is 10.4 Å². The number of phenolic OH excluding ortho intramolecular Hbond substituents is 1. The normalized spacial score (nSPS) is 10.2. The number of benzene rings is 1. The number of alkyl halides is 1. The van der Waals surface area contributed by atoms with E-state index in [0.29, 0.717) is 5.75 Å². The Hall–Kier alpha value is 0.230. The minimum absolute atomic E-state index is 0.367. The SMILES string of the molecule is Oc1cc(I)cc(CCCBr)c1. The van der Waals surface area contributed by atoms with E-state index < -0.39 is 0 Å². The second kappa shape index (κ2) is 5.07. The maximum absolute atomic E-state index is 9.28. The van der Waals surface area contributed by atoms with Gasteiger partial charge in [-0.05, 0) is 59.2 Å². The van der Waals surface area contributed by atoms with Crippen LogP contribution in [0.3, 0.4) is 0 Å². The molecule has 1 aromatic carbocycles. The third kappa shape index (κ3) is 3.31. The molecule has 0 saturated carbocycles. The van der Waals surface area contributed by atoms with Gasteiger partial charge in [0.15, 0.2) is 0 Å². The van der Waals surface area contributed by atoms with Crippen molar-refractivity contribution in [3.8, 4) is 5.75 Å². The zero-order chi connectivity index (χ0) is 8.97. The smallest absolute Gasteiger partial charge is 0.116 e. The summed E-state index contributed by atoms with van der Waals surface area (Å²) in [5.74, 6) is 0.367. The largest absolute Gasteiger partial charge is 0.508 e. The van der Waals surface area contributed by atoms with Crippen molar-refractivity contribution >= 4 is 38.5 Å². The molecule has 0 aliphatic carbocycles. The molecule has 1 rings (SSSR count). The summed E-state index contributed by atoms with van der Waals surface area (Å²) in [5.41, 5.74) is 1.21. The minimum atomic E-state index is 0.367. The van der Waals surface area contributed by atoms with Gasteiger partial charge in [0.25, 0.3) is 0 Å². The highest BCUT2D eigenvalue weighted by Gasteiger charge is 1.97. The van der Waals surface area contributed by atoms with E-state index in [1.54, 1.807) is 6.07 Å². The monoisotopic (exact) mass is 340 g/mol. The summed E-state index contributed by atoms with van der Waals surface area (Å²) >= 11 is 5.59. The van der Waals surface area contributed by atoms with Gasteiger partial charge in [0.2, 0.25) is 0 Å². The summed E-state index contributed by atoms with van der Waals surface area (Å²) in [5, 5.41) is 10.3.